The van der Waals surface area contributed by atoms with Crippen LogP contribution in [0.5, 0.6) is 0 Å². The van der Waals surface area contributed by atoms with Crippen molar-refractivity contribution in [2.45, 2.75) is 34.1 Å². The Morgan fingerprint density at radius 2 is 2.05 bits per heavy atom. The second kappa shape index (κ2) is 9.40. The summed E-state index contributed by atoms with van der Waals surface area (Å²) in [5.74, 6) is 0.466. The van der Waals surface area contributed by atoms with E-state index in [0.717, 1.165) is 30.8 Å². The van der Waals surface area contributed by atoms with E-state index in [9.17, 15) is 4.79 Å². The van der Waals surface area contributed by atoms with Gasteiger partial charge in [-0.1, -0.05) is 32.4 Å². The van der Waals surface area contributed by atoms with E-state index in [1.807, 2.05) is 25.1 Å². The van der Waals surface area contributed by atoms with Gasteiger partial charge in [-0.15, -0.1) is 0 Å². The van der Waals surface area contributed by atoms with Crippen LogP contribution in [0.3, 0.4) is 0 Å². The Hall–Kier alpha value is -1.55. The predicted molar refractivity (Wildman–Crippen MR) is 87.9 cm³/mol. The van der Waals surface area contributed by atoms with Gasteiger partial charge in [0, 0.05) is 25.4 Å². The van der Waals surface area contributed by atoms with Crippen molar-refractivity contribution in [2.75, 3.05) is 31.6 Å². The van der Waals surface area contributed by atoms with Crippen molar-refractivity contribution in [3.8, 4) is 0 Å². The average Bonchev–Trinajstić information content (AvgIpc) is 2.45. The number of hydrogen-bond donors (Lipinski definition) is 2. The third kappa shape index (κ3) is 6.63. The van der Waals surface area contributed by atoms with Crippen molar-refractivity contribution in [1.29, 1.82) is 0 Å². The Labute approximate surface area is 128 Å². The molecule has 0 atom stereocenters. The molecular formula is C17H28N2O2. The molecule has 0 aliphatic heterocycles. The van der Waals surface area contributed by atoms with E-state index in [1.165, 1.54) is 0 Å². The van der Waals surface area contributed by atoms with Crippen LogP contribution >= 0.6 is 0 Å². The third-order valence-corrected chi connectivity index (χ3v) is 2.97. The highest BCUT2D eigenvalue weighted by atomic mass is 16.5. The summed E-state index contributed by atoms with van der Waals surface area (Å²) in [5, 5.41) is 6.21. The first-order valence-electron chi connectivity index (χ1n) is 7.75. The molecule has 0 saturated heterocycles. The number of rotatable bonds is 9. The van der Waals surface area contributed by atoms with Gasteiger partial charge in [0.05, 0.1) is 12.2 Å². The van der Waals surface area contributed by atoms with E-state index >= 15 is 0 Å². The SMILES string of the molecule is CCCNc1ccc(C)cc1C(=O)NCCOCC(C)C. The Morgan fingerprint density at radius 1 is 1.29 bits per heavy atom. The summed E-state index contributed by atoms with van der Waals surface area (Å²) in [6.45, 7) is 11.0. The lowest BCUT2D eigenvalue weighted by atomic mass is 10.1. The molecule has 0 bridgehead atoms. The lowest BCUT2D eigenvalue weighted by molar-refractivity contribution is 0.0887. The molecule has 0 aromatic heterocycles. The summed E-state index contributed by atoms with van der Waals surface area (Å²) in [5.41, 5.74) is 2.67. The highest BCUT2D eigenvalue weighted by Crippen LogP contribution is 2.17. The number of nitrogens with one attached hydrogen (secondary N) is 2. The molecule has 1 rings (SSSR count). The molecule has 0 unspecified atom stereocenters. The minimum atomic E-state index is -0.0505. The molecule has 0 aliphatic carbocycles. The van der Waals surface area contributed by atoms with Gasteiger partial charge in [-0.2, -0.15) is 0 Å². The lowest BCUT2D eigenvalue weighted by Gasteiger charge is -2.13. The molecule has 1 amide bonds. The lowest BCUT2D eigenvalue weighted by Crippen LogP contribution is -2.28. The number of carbonyl (C=O) groups is 1. The standard InChI is InChI=1S/C17H28N2O2/c1-5-8-18-16-7-6-14(4)11-15(16)17(20)19-9-10-21-12-13(2)3/h6-7,11,13,18H,5,8-10,12H2,1-4H3,(H,19,20). The molecular weight excluding hydrogens is 264 g/mol. The number of anilines is 1. The fourth-order valence-corrected chi connectivity index (χ4v) is 1.91. The van der Waals surface area contributed by atoms with Gasteiger partial charge in [-0.25, -0.2) is 0 Å². The predicted octanol–water partition coefficient (Wildman–Crippen LogP) is 3.22. The fourth-order valence-electron chi connectivity index (χ4n) is 1.91. The van der Waals surface area contributed by atoms with E-state index in [0.29, 0.717) is 24.6 Å². The second-order valence-corrected chi connectivity index (χ2v) is 5.70. The fraction of sp³-hybridized carbons (Fsp3) is 0.588. The highest BCUT2D eigenvalue weighted by molar-refractivity contribution is 5.99. The Bertz CT molecular complexity index is 444. The number of ether oxygens (including phenoxy) is 1. The summed E-state index contributed by atoms with van der Waals surface area (Å²) in [6, 6.07) is 5.90. The topological polar surface area (TPSA) is 50.4 Å². The minimum Gasteiger partial charge on any atom is -0.384 e. The molecule has 0 heterocycles. The normalized spacial score (nSPS) is 10.7. The van der Waals surface area contributed by atoms with Crippen LogP contribution < -0.4 is 10.6 Å². The summed E-state index contributed by atoms with van der Waals surface area (Å²) >= 11 is 0. The van der Waals surface area contributed by atoms with Gasteiger partial charge in [0.1, 0.15) is 0 Å². The van der Waals surface area contributed by atoms with Crippen molar-refractivity contribution in [1.82, 2.24) is 5.32 Å². The molecule has 118 valence electrons. The van der Waals surface area contributed by atoms with Crippen LogP contribution in [0.1, 0.15) is 43.1 Å². The van der Waals surface area contributed by atoms with Crippen LogP contribution in [0.15, 0.2) is 18.2 Å². The van der Waals surface area contributed by atoms with Crippen LogP contribution in [0, 0.1) is 12.8 Å². The van der Waals surface area contributed by atoms with Crippen LogP contribution in [0.4, 0.5) is 5.69 Å². The molecule has 1 aromatic rings. The molecule has 2 N–H and O–H groups in total. The van der Waals surface area contributed by atoms with Gasteiger partial charge in [0.15, 0.2) is 0 Å². The summed E-state index contributed by atoms with van der Waals surface area (Å²) < 4.78 is 5.47. The maximum absolute atomic E-state index is 12.3. The van der Waals surface area contributed by atoms with Gasteiger partial charge < -0.3 is 15.4 Å². The zero-order valence-corrected chi connectivity index (χ0v) is 13.7. The second-order valence-electron chi connectivity index (χ2n) is 5.70. The number of carbonyl (C=O) groups excluding carboxylic acids is 1. The zero-order chi connectivity index (χ0) is 15.7. The molecule has 0 aliphatic rings. The maximum Gasteiger partial charge on any atom is 0.253 e. The molecule has 0 fully saturated rings. The van der Waals surface area contributed by atoms with E-state index in [-0.39, 0.29) is 5.91 Å². The quantitative estimate of drug-likeness (QED) is 0.687. The van der Waals surface area contributed by atoms with Crippen molar-refractivity contribution in [3.63, 3.8) is 0 Å². The van der Waals surface area contributed by atoms with Crippen molar-refractivity contribution in [3.05, 3.63) is 29.3 Å². The molecule has 0 saturated carbocycles. The molecule has 21 heavy (non-hydrogen) atoms. The molecule has 4 nitrogen and oxygen atoms in total. The van der Waals surface area contributed by atoms with E-state index < -0.39 is 0 Å². The minimum absolute atomic E-state index is 0.0505. The average molecular weight is 292 g/mol. The third-order valence-electron chi connectivity index (χ3n) is 2.97. The van der Waals surface area contributed by atoms with Gasteiger partial charge in [-0.05, 0) is 31.4 Å². The highest BCUT2D eigenvalue weighted by Gasteiger charge is 2.11. The van der Waals surface area contributed by atoms with E-state index in [1.54, 1.807) is 0 Å². The first-order chi connectivity index (χ1) is 10.0. The molecule has 1 aromatic carbocycles. The number of hydrogen-bond acceptors (Lipinski definition) is 3. The van der Waals surface area contributed by atoms with E-state index in [2.05, 4.69) is 31.4 Å². The smallest absolute Gasteiger partial charge is 0.253 e. The monoisotopic (exact) mass is 292 g/mol. The summed E-state index contributed by atoms with van der Waals surface area (Å²) in [6.07, 6.45) is 1.03. The Balaban J connectivity index is 2.53. The molecule has 0 spiro atoms. The van der Waals surface area contributed by atoms with Crippen LogP contribution in [0.25, 0.3) is 0 Å². The maximum atomic E-state index is 12.3. The Kier molecular flexibility index (Phi) is 7.83. The number of amides is 1. The van der Waals surface area contributed by atoms with Crippen molar-refractivity contribution in [2.24, 2.45) is 5.92 Å². The van der Waals surface area contributed by atoms with Crippen LogP contribution in [0.2, 0.25) is 0 Å². The van der Waals surface area contributed by atoms with E-state index in [4.69, 9.17) is 4.74 Å². The largest absolute Gasteiger partial charge is 0.384 e. The van der Waals surface area contributed by atoms with Crippen molar-refractivity contribution >= 4 is 11.6 Å². The molecule has 0 radical (unpaired) electrons. The number of aryl methyl sites for hydroxylation is 1. The zero-order valence-electron chi connectivity index (χ0n) is 13.7. The number of benzene rings is 1. The van der Waals surface area contributed by atoms with Crippen LogP contribution in [-0.2, 0) is 4.74 Å². The first-order valence-corrected chi connectivity index (χ1v) is 7.75. The van der Waals surface area contributed by atoms with Gasteiger partial charge in [-0.3, -0.25) is 4.79 Å². The summed E-state index contributed by atoms with van der Waals surface area (Å²) in [7, 11) is 0. The Morgan fingerprint density at radius 3 is 2.71 bits per heavy atom. The first kappa shape index (κ1) is 17.5. The van der Waals surface area contributed by atoms with Gasteiger partial charge in [0.2, 0.25) is 0 Å². The van der Waals surface area contributed by atoms with Crippen LogP contribution in [-0.4, -0.2) is 32.2 Å². The van der Waals surface area contributed by atoms with Gasteiger partial charge >= 0.3 is 0 Å². The molecule has 4 heteroatoms. The summed E-state index contributed by atoms with van der Waals surface area (Å²) in [4.78, 5) is 12.3. The van der Waals surface area contributed by atoms with Gasteiger partial charge in [0.25, 0.3) is 5.91 Å². The van der Waals surface area contributed by atoms with Crippen molar-refractivity contribution < 1.29 is 9.53 Å².